The fraction of sp³-hybridized carbons (Fsp3) is 0.931. The van der Waals surface area contributed by atoms with Gasteiger partial charge in [-0.05, 0) is 124 Å². The molecule has 174 valence electrons. The largest absolute Gasteiger partial charge is 0.393 e. The molecule has 0 heterocycles. The molecule has 1 nitrogen and oxygen atoms in total. The van der Waals surface area contributed by atoms with Crippen molar-refractivity contribution in [1.82, 2.24) is 0 Å². The van der Waals surface area contributed by atoms with Crippen LogP contribution in [0.2, 0.25) is 0 Å². The third-order valence-electron chi connectivity index (χ3n) is 10.5. The Balaban J connectivity index is 0.000000589. The lowest BCUT2D eigenvalue weighted by Gasteiger charge is -2.67. The van der Waals surface area contributed by atoms with Crippen LogP contribution in [-0.2, 0) is 0 Å². The summed E-state index contributed by atoms with van der Waals surface area (Å²) in [5.74, 6) is 4.59. The standard InChI is InChI=1S/C25H44O.C4H8/c1-6-7-20-19-8-9-22-24(4)15-11-18(26)16-17(24)10-14-25(22,5)21(19)12-13-23(20,2)3;1-4(2)3/h17-22,26H,6-16H2,1-5H3;1H2,2-3H3/t17?,18?,19?,20?,21?,22?,24-,25-;/m0./s1. The van der Waals surface area contributed by atoms with E-state index in [0.717, 1.165) is 42.4 Å². The van der Waals surface area contributed by atoms with Gasteiger partial charge in [0.15, 0.2) is 0 Å². The van der Waals surface area contributed by atoms with Gasteiger partial charge in [-0.1, -0.05) is 46.6 Å². The van der Waals surface area contributed by atoms with Crippen molar-refractivity contribution in [2.24, 2.45) is 45.8 Å². The van der Waals surface area contributed by atoms with Crippen molar-refractivity contribution in [3.8, 4) is 0 Å². The second-order valence-electron chi connectivity index (χ2n) is 13.2. The second kappa shape index (κ2) is 8.92. The van der Waals surface area contributed by atoms with Crippen molar-refractivity contribution in [1.29, 1.82) is 0 Å². The van der Waals surface area contributed by atoms with E-state index in [0.29, 0.717) is 16.2 Å². The second-order valence-corrected chi connectivity index (χ2v) is 13.2. The van der Waals surface area contributed by atoms with Gasteiger partial charge < -0.3 is 5.11 Å². The maximum Gasteiger partial charge on any atom is 0.0543 e. The first kappa shape index (κ1) is 24.3. The first-order valence-electron chi connectivity index (χ1n) is 13.3. The number of allylic oxidation sites excluding steroid dienone is 1. The van der Waals surface area contributed by atoms with Gasteiger partial charge in [0.2, 0.25) is 0 Å². The summed E-state index contributed by atoms with van der Waals surface area (Å²) < 4.78 is 0. The maximum absolute atomic E-state index is 10.3. The van der Waals surface area contributed by atoms with Crippen molar-refractivity contribution in [2.75, 3.05) is 0 Å². The molecule has 0 aliphatic heterocycles. The Hall–Kier alpha value is -0.300. The van der Waals surface area contributed by atoms with Crippen LogP contribution >= 0.6 is 0 Å². The van der Waals surface area contributed by atoms with Crippen LogP contribution in [-0.4, -0.2) is 11.2 Å². The Kier molecular flexibility index (Phi) is 7.23. The molecule has 4 saturated carbocycles. The Morgan fingerprint density at radius 1 is 0.900 bits per heavy atom. The molecule has 4 fully saturated rings. The fourth-order valence-corrected chi connectivity index (χ4v) is 9.10. The van der Waals surface area contributed by atoms with Crippen LogP contribution in [0.15, 0.2) is 12.2 Å². The van der Waals surface area contributed by atoms with E-state index in [4.69, 9.17) is 0 Å². The zero-order valence-corrected chi connectivity index (χ0v) is 21.4. The number of hydrogen-bond donors (Lipinski definition) is 1. The highest BCUT2D eigenvalue weighted by Crippen LogP contribution is 2.69. The Morgan fingerprint density at radius 3 is 2.17 bits per heavy atom. The number of aliphatic hydroxyl groups is 1. The van der Waals surface area contributed by atoms with E-state index in [-0.39, 0.29) is 6.10 Å². The van der Waals surface area contributed by atoms with E-state index >= 15 is 0 Å². The van der Waals surface area contributed by atoms with E-state index < -0.39 is 0 Å². The molecule has 0 saturated heterocycles. The average Bonchev–Trinajstić information content (AvgIpc) is 2.64. The fourth-order valence-electron chi connectivity index (χ4n) is 9.10. The van der Waals surface area contributed by atoms with E-state index in [1.165, 1.54) is 63.4 Å². The Labute approximate surface area is 188 Å². The Morgan fingerprint density at radius 2 is 1.53 bits per heavy atom. The average molecular weight is 417 g/mol. The van der Waals surface area contributed by atoms with Gasteiger partial charge in [-0.2, -0.15) is 0 Å². The summed E-state index contributed by atoms with van der Waals surface area (Å²) in [6.07, 6.45) is 14.9. The summed E-state index contributed by atoms with van der Waals surface area (Å²) in [7, 11) is 0. The quantitative estimate of drug-likeness (QED) is 0.448. The van der Waals surface area contributed by atoms with Crippen LogP contribution < -0.4 is 0 Å². The van der Waals surface area contributed by atoms with Gasteiger partial charge in [-0.3, -0.25) is 0 Å². The van der Waals surface area contributed by atoms with Crippen LogP contribution in [0.25, 0.3) is 0 Å². The lowest BCUT2D eigenvalue weighted by atomic mass is 9.38. The molecule has 1 heteroatoms. The molecule has 0 aromatic heterocycles. The number of aliphatic hydroxyl groups excluding tert-OH is 1. The molecule has 1 N–H and O–H groups in total. The van der Waals surface area contributed by atoms with Crippen LogP contribution in [0.3, 0.4) is 0 Å². The summed E-state index contributed by atoms with van der Waals surface area (Å²) in [4.78, 5) is 0. The summed E-state index contributed by atoms with van der Waals surface area (Å²) in [5, 5.41) is 10.3. The zero-order chi connectivity index (χ0) is 22.3. The molecular formula is C29H52O. The third-order valence-corrected chi connectivity index (χ3v) is 10.5. The lowest BCUT2D eigenvalue weighted by molar-refractivity contribution is -0.183. The molecule has 6 unspecified atom stereocenters. The van der Waals surface area contributed by atoms with Crippen LogP contribution in [0, 0.1) is 45.8 Å². The van der Waals surface area contributed by atoms with Gasteiger partial charge >= 0.3 is 0 Å². The van der Waals surface area contributed by atoms with Crippen molar-refractivity contribution in [3.63, 3.8) is 0 Å². The molecule has 4 aliphatic rings. The molecule has 8 atom stereocenters. The lowest BCUT2D eigenvalue weighted by Crippen LogP contribution is -2.59. The maximum atomic E-state index is 10.3. The SMILES string of the molecule is C=C(C)C.CCCC1C2CCC3[C@@]4(C)CCC(O)CC4CC[C@@]3(C)C2CCC1(C)C. The molecule has 0 spiro atoms. The minimum atomic E-state index is -0.0156. The molecule has 0 aromatic carbocycles. The summed E-state index contributed by atoms with van der Waals surface area (Å²) >= 11 is 0. The third kappa shape index (κ3) is 4.31. The highest BCUT2D eigenvalue weighted by Gasteiger charge is 2.62. The van der Waals surface area contributed by atoms with Crippen molar-refractivity contribution in [2.45, 2.75) is 125 Å². The van der Waals surface area contributed by atoms with Crippen LogP contribution in [0.1, 0.15) is 119 Å². The highest BCUT2D eigenvalue weighted by atomic mass is 16.3. The van der Waals surface area contributed by atoms with Crippen molar-refractivity contribution >= 4 is 0 Å². The minimum absolute atomic E-state index is 0.0156. The van der Waals surface area contributed by atoms with Gasteiger partial charge in [-0.15, -0.1) is 6.58 Å². The highest BCUT2D eigenvalue weighted by molar-refractivity contribution is 5.11. The molecule has 0 aromatic rings. The summed E-state index contributed by atoms with van der Waals surface area (Å²) in [6, 6.07) is 0. The molecule has 30 heavy (non-hydrogen) atoms. The van der Waals surface area contributed by atoms with Crippen molar-refractivity contribution < 1.29 is 5.11 Å². The van der Waals surface area contributed by atoms with Gasteiger partial charge in [0, 0.05) is 0 Å². The topological polar surface area (TPSA) is 20.2 Å². The molecule has 4 aliphatic carbocycles. The van der Waals surface area contributed by atoms with Gasteiger partial charge in [0.05, 0.1) is 6.10 Å². The monoisotopic (exact) mass is 416 g/mol. The molecular weight excluding hydrogens is 364 g/mol. The van der Waals surface area contributed by atoms with Crippen LogP contribution in [0.5, 0.6) is 0 Å². The normalized spacial score (nSPS) is 47.1. The summed E-state index contributed by atoms with van der Waals surface area (Å²) in [5.41, 5.74) is 2.79. The summed E-state index contributed by atoms with van der Waals surface area (Å²) in [6.45, 7) is 20.4. The zero-order valence-electron chi connectivity index (χ0n) is 21.4. The Bertz CT molecular complexity index is 601. The minimum Gasteiger partial charge on any atom is -0.393 e. The van der Waals surface area contributed by atoms with E-state index in [2.05, 4.69) is 41.2 Å². The molecule has 0 amide bonds. The predicted molar refractivity (Wildman–Crippen MR) is 130 cm³/mol. The first-order valence-corrected chi connectivity index (χ1v) is 13.3. The first-order chi connectivity index (χ1) is 14.0. The number of hydrogen-bond acceptors (Lipinski definition) is 1. The smallest absolute Gasteiger partial charge is 0.0543 e. The molecule has 4 rings (SSSR count). The molecule has 0 bridgehead atoms. The van der Waals surface area contributed by atoms with Crippen molar-refractivity contribution in [3.05, 3.63) is 12.2 Å². The molecule has 0 radical (unpaired) electrons. The van der Waals surface area contributed by atoms with E-state index in [9.17, 15) is 5.11 Å². The number of fused-ring (bicyclic) bond motifs is 5. The van der Waals surface area contributed by atoms with Gasteiger partial charge in [0.25, 0.3) is 0 Å². The predicted octanol–water partition coefficient (Wildman–Crippen LogP) is 8.41. The van der Waals surface area contributed by atoms with E-state index in [1.807, 2.05) is 13.8 Å². The van der Waals surface area contributed by atoms with Crippen LogP contribution in [0.4, 0.5) is 0 Å². The van der Waals surface area contributed by atoms with Gasteiger partial charge in [-0.25, -0.2) is 0 Å². The van der Waals surface area contributed by atoms with Gasteiger partial charge in [0.1, 0.15) is 0 Å². The van der Waals surface area contributed by atoms with E-state index in [1.54, 1.807) is 0 Å². The number of rotatable bonds is 2.